The fourth-order valence-electron chi connectivity index (χ4n) is 1.83. The van der Waals surface area contributed by atoms with Gasteiger partial charge in [-0.1, -0.05) is 13.3 Å². The van der Waals surface area contributed by atoms with Crippen LogP contribution in [0.3, 0.4) is 0 Å². The maximum absolute atomic E-state index is 11.2. The summed E-state index contributed by atoms with van der Waals surface area (Å²) in [5.74, 6) is 0.182. The molecule has 1 aromatic rings. The van der Waals surface area contributed by atoms with Gasteiger partial charge in [0.05, 0.1) is 23.1 Å². The van der Waals surface area contributed by atoms with Gasteiger partial charge in [-0.3, -0.25) is 14.8 Å². The number of hydrogen-bond acceptors (Lipinski definition) is 4. The minimum atomic E-state index is -0.459. The lowest BCUT2D eigenvalue weighted by atomic mass is 10.1. The summed E-state index contributed by atoms with van der Waals surface area (Å²) in [7, 11) is 0. The van der Waals surface area contributed by atoms with E-state index >= 15 is 0 Å². The molecule has 0 aliphatic heterocycles. The summed E-state index contributed by atoms with van der Waals surface area (Å²) < 4.78 is 6.55. The zero-order valence-electron chi connectivity index (χ0n) is 11.8. The van der Waals surface area contributed by atoms with Gasteiger partial charge >= 0.3 is 0 Å². The van der Waals surface area contributed by atoms with Crippen LogP contribution in [0.5, 0.6) is 5.75 Å². The molecule has 3 N–H and O–H groups in total. The van der Waals surface area contributed by atoms with E-state index in [0.717, 1.165) is 16.4 Å². The minimum absolute atomic E-state index is 0.0422. The van der Waals surface area contributed by atoms with E-state index in [9.17, 15) is 14.8 Å². The Balaban J connectivity index is 3.04. The summed E-state index contributed by atoms with van der Waals surface area (Å²) in [5, 5.41) is 9.80. The molecule has 0 unspecified atom stereocenters. The lowest BCUT2D eigenvalue weighted by molar-refractivity contribution is -0.152. The van der Waals surface area contributed by atoms with Crippen LogP contribution in [0.1, 0.15) is 30.9 Å². The zero-order valence-corrected chi connectivity index (χ0v) is 14.0. The number of benzene rings is 1. The number of primary amides is 1. The maximum atomic E-state index is 11.2. The average Bonchev–Trinajstić information content (AvgIpc) is 2.41. The molecular formula is C14H19IN2O4. The number of carbonyl (C=O) groups is 2. The van der Waals surface area contributed by atoms with E-state index in [1.54, 1.807) is 12.1 Å². The van der Waals surface area contributed by atoms with Gasteiger partial charge in [-0.25, -0.2) is 5.06 Å². The van der Waals surface area contributed by atoms with Crippen LogP contribution >= 0.6 is 22.6 Å². The zero-order chi connectivity index (χ0) is 15.8. The third-order valence-electron chi connectivity index (χ3n) is 2.76. The topological polar surface area (TPSA) is 92.9 Å². The van der Waals surface area contributed by atoms with Gasteiger partial charge in [-0.15, -0.1) is 0 Å². The average molecular weight is 406 g/mol. The van der Waals surface area contributed by atoms with Crippen molar-refractivity contribution in [3.8, 4) is 5.75 Å². The first kappa shape index (κ1) is 17.7. The molecule has 1 aromatic carbocycles. The molecule has 0 saturated carbocycles. The molecule has 116 valence electrons. The van der Waals surface area contributed by atoms with Crippen molar-refractivity contribution in [2.45, 2.75) is 32.7 Å². The summed E-state index contributed by atoms with van der Waals surface area (Å²) in [6, 6.07) is 3.53. The van der Waals surface area contributed by atoms with Gasteiger partial charge in [0, 0.05) is 5.56 Å². The Kier molecular flexibility index (Phi) is 7.44. The van der Waals surface area contributed by atoms with Gasteiger partial charge in [-0.05, 0) is 46.7 Å². The van der Waals surface area contributed by atoms with E-state index in [4.69, 9.17) is 10.5 Å². The van der Waals surface area contributed by atoms with Crippen LogP contribution in [0, 0.1) is 3.57 Å². The van der Waals surface area contributed by atoms with Crippen LogP contribution < -0.4 is 10.5 Å². The summed E-state index contributed by atoms with van der Waals surface area (Å²) in [4.78, 5) is 21.7. The van der Waals surface area contributed by atoms with Gasteiger partial charge in [0.2, 0.25) is 12.3 Å². The first-order chi connectivity index (χ1) is 9.97. The lowest BCUT2D eigenvalue weighted by Gasteiger charge is -2.16. The molecule has 7 heteroatoms. The molecule has 21 heavy (non-hydrogen) atoms. The Morgan fingerprint density at radius 3 is 2.81 bits per heavy atom. The highest BCUT2D eigenvalue weighted by Gasteiger charge is 2.14. The van der Waals surface area contributed by atoms with Crippen molar-refractivity contribution >= 4 is 34.9 Å². The van der Waals surface area contributed by atoms with Gasteiger partial charge in [0.15, 0.2) is 0 Å². The summed E-state index contributed by atoms with van der Waals surface area (Å²) >= 11 is 2.10. The number of amides is 2. The Morgan fingerprint density at radius 1 is 1.52 bits per heavy atom. The Morgan fingerprint density at radius 2 is 2.24 bits per heavy atom. The summed E-state index contributed by atoms with van der Waals surface area (Å²) in [6.07, 6.45) is 2.31. The second kappa shape index (κ2) is 8.83. The van der Waals surface area contributed by atoms with E-state index in [1.165, 1.54) is 0 Å². The van der Waals surface area contributed by atoms with Crippen LogP contribution in [0.4, 0.5) is 0 Å². The van der Waals surface area contributed by atoms with E-state index in [1.807, 2.05) is 0 Å². The van der Waals surface area contributed by atoms with Crippen molar-refractivity contribution in [3.05, 3.63) is 26.8 Å². The van der Waals surface area contributed by atoms with Crippen molar-refractivity contribution in [2.75, 3.05) is 6.61 Å². The molecular weight excluding hydrogens is 387 g/mol. The van der Waals surface area contributed by atoms with E-state index in [-0.39, 0.29) is 13.0 Å². The standard InChI is InChI=1S/C14H19IN2O4/c1-2-3-4-21-14-11(7-13(16)19)5-10(6-12(14)15)8-17(20)9-18/h5-6,9,20H,2-4,7-8H2,1H3,(H2,16,19). The van der Waals surface area contributed by atoms with E-state index in [2.05, 4.69) is 29.5 Å². The van der Waals surface area contributed by atoms with Crippen LogP contribution in [-0.2, 0) is 22.6 Å². The Hall–Kier alpha value is -1.35. The van der Waals surface area contributed by atoms with Gasteiger partial charge in [-0.2, -0.15) is 0 Å². The van der Waals surface area contributed by atoms with Gasteiger partial charge in [0.1, 0.15) is 5.75 Å². The molecule has 6 nitrogen and oxygen atoms in total. The maximum Gasteiger partial charge on any atom is 0.233 e. The second-order valence-corrected chi connectivity index (χ2v) is 5.78. The number of halogens is 1. The quantitative estimate of drug-likeness (QED) is 0.215. The molecule has 0 fully saturated rings. The SMILES string of the molecule is CCCCOc1c(I)cc(CN(O)C=O)cc1CC(N)=O. The van der Waals surface area contributed by atoms with Crippen molar-refractivity contribution in [2.24, 2.45) is 5.73 Å². The molecule has 0 aromatic heterocycles. The van der Waals surface area contributed by atoms with Crippen LogP contribution in [-0.4, -0.2) is 29.2 Å². The largest absolute Gasteiger partial charge is 0.492 e. The highest BCUT2D eigenvalue weighted by molar-refractivity contribution is 14.1. The third kappa shape index (κ3) is 5.88. The molecule has 0 aliphatic rings. The number of unbranched alkanes of at least 4 members (excludes halogenated alkanes) is 1. The number of nitrogens with zero attached hydrogens (tertiary/aromatic N) is 1. The van der Waals surface area contributed by atoms with Crippen molar-refractivity contribution < 1.29 is 19.5 Å². The molecule has 0 heterocycles. The monoisotopic (exact) mass is 406 g/mol. The Bertz CT molecular complexity index is 508. The summed E-state index contributed by atoms with van der Waals surface area (Å²) in [6.45, 7) is 2.68. The molecule has 2 amide bonds. The molecule has 0 spiro atoms. The smallest absolute Gasteiger partial charge is 0.233 e. The Labute approximate surface area is 137 Å². The molecule has 0 bridgehead atoms. The molecule has 0 radical (unpaired) electrons. The number of ether oxygens (including phenoxy) is 1. The van der Waals surface area contributed by atoms with Gasteiger partial charge < -0.3 is 10.5 Å². The predicted octanol–water partition coefficient (Wildman–Crippen LogP) is 1.85. The first-order valence-corrected chi connectivity index (χ1v) is 7.69. The van der Waals surface area contributed by atoms with E-state index in [0.29, 0.717) is 35.0 Å². The number of carbonyl (C=O) groups excluding carboxylic acids is 2. The number of hydrogen-bond donors (Lipinski definition) is 2. The normalized spacial score (nSPS) is 10.2. The molecule has 1 rings (SSSR count). The third-order valence-corrected chi connectivity index (χ3v) is 3.56. The number of nitrogens with two attached hydrogens (primary N) is 1. The van der Waals surface area contributed by atoms with Crippen LogP contribution in [0.2, 0.25) is 0 Å². The van der Waals surface area contributed by atoms with Crippen LogP contribution in [0.25, 0.3) is 0 Å². The van der Waals surface area contributed by atoms with E-state index < -0.39 is 5.91 Å². The highest BCUT2D eigenvalue weighted by Crippen LogP contribution is 2.29. The van der Waals surface area contributed by atoms with Crippen molar-refractivity contribution in [1.29, 1.82) is 0 Å². The predicted molar refractivity (Wildman–Crippen MR) is 85.9 cm³/mol. The minimum Gasteiger partial charge on any atom is -0.492 e. The molecule has 0 atom stereocenters. The lowest BCUT2D eigenvalue weighted by Crippen LogP contribution is -2.18. The second-order valence-electron chi connectivity index (χ2n) is 4.61. The fourth-order valence-corrected chi connectivity index (χ4v) is 2.73. The summed E-state index contributed by atoms with van der Waals surface area (Å²) in [5.41, 5.74) is 6.63. The highest BCUT2D eigenvalue weighted by atomic mass is 127. The van der Waals surface area contributed by atoms with Crippen molar-refractivity contribution in [3.63, 3.8) is 0 Å². The number of rotatable bonds is 9. The van der Waals surface area contributed by atoms with Crippen LogP contribution in [0.15, 0.2) is 12.1 Å². The molecule has 0 aliphatic carbocycles. The number of hydroxylamine groups is 2. The van der Waals surface area contributed by atoms with Crippen molar-refractivity contribution in [1.82, 2.24) is 5.06 Å². The molecule has 0 saturated heterocycles. The first-order valence-electron chi connectivity index (χ1n) is 6.61. The van der Waals surface area contributed by atoms with Gasteiger partial charge in [0.25, 0.3) is 0 Å². The fraction of sp³-hybridized carbons (Fsp3) is 0.429.